The van der Waals surface area contributed by atoms with Crippen LogP contribution in [0.3, 0.4) is 0 Å². The summed E-state index contributed by atoms with van der Waals surface area (Å²) in [7, 11) is 0. The molecule has 0 radical (unpaired) electrons. The van der Waals surface area contributed by atoms with E-state index < -0.39 is 0 Å². The molecular weight excluding hydrogens is 356 g/mol. The van der Waals surface area contributed by atoms with Gasteiger partial charge in [0, 0.05) is 67.5 Å². The molecule has 1 unspecified atom stereocenters. The molecule has 0 aromatic carbocycles. The molecular formula is C20H24N6S. The van der Waals surface area contributed by atoms with Gasteiger partial charge in [0.25, 0.3) is 0 Å². The van der Waals surface area contributed by atoms with Crippen molar-refractivity contribution in [2.24, 2.45) is 0 Å². The number of thiazole rings is 1. The first-order chi connectivity index (χ1) is 13.2. The predicted molar refractivity (Wildman–Crippen MR) is 109 cm³/mol. The first kappa shape index (κ1) is 18.0. The number of nitrogens with zero attached hydrogens (tertiary/aromatic N) is 6. The molecule has 1 fully saturated rings. The minimum Gasteiger partial charge on any atom is -0.354 e. The summed E-state index contributed by atoms with van der Waals surface area (Å²) in [4.78, 5) is 23.0. The van der Waals surface area contributed by atoms with E-state index in [1.54, 1.807) is 23.7 Å². The Morgan fingerprint density at radius 3 is 2.52 bits per heavy atom. The molecule has 0 amide bonds. The van der Waals surface area contributed by atoms with Gasteiger partial charge in [-0.2, -0.15) is 0 Å². The largest absolute Gasteiger partial charge is 0.354 e. The van der Waals surface area contributed by atoms with Gasteiger partial charge >= 0.3 is 0 Å². The molecule has 0 spiro atoms. The first-order valence-electron chi connectivity index (χ1n) is 9.41. The van der Waals surface area contributed by atoms with E-state index in [9.17, 15) is 0 Å². The fraction of sp³-hybridized carbons (Fsp3) is 0.400. The molecule has 1 aliphatic heterocycles. The van der Waals surface area contributed by atoms with E-state index >= 15 is 0 Å². The lowest BCUT2D eigenvalue weighted by Gasteiger charge is -2.38. The van der Waals surface area contributed by atoms with Crippen LogP contribution < -0.4 is 4.90 Å². The number of pyridine rings is 1. The highest BCUT2D eigenvalue weighted by atomic mass is 32.1. The second-order valence-electron chi connectivity index (χ2n) is 6.70. The standard InChI is InChI=1S/C20H24N6S/c1-3-17-14-18(24-19(23-17)16-4-6-21-7-5-16)26-11-9-25(10-12-26)15(2)20-22-8-13-27-20/h4-8,13-15H,3,9-12H2,1-2H3. The zero-order chi connectivity index (χ0) is 18.6. The van der Waals surface area contributed by atoms with Gasteiger partial charge in [-0.1, -0.05) is 6.92 Å². The lowest BCUT2D eigenvalue weighted by Crippen LogP contribution is -2.47. The van der Waals surface area contributed by atoms with Crippen molar-refractivity contribution in [2.45, 2.75) is 26.3 Å². The van der Waals surface area contributed by atoms with Gasteiger partial charge in [0.15, 0.2) is 5.82 Å². The van der Waals surface area contributed by atoms with Crippen molar-refractivity contribution < 1.29 is 0 Å². The minimum absolute atomic E-state index is 0.371. The number of hydrogen-bond donors (Lipinski definition) is 0. The first-order valence-corrected chi connectivity index (χ1v) is 10.3. The quantitative estimate of drug-likeness (QED) is 0.676. The molecule has 0 N–H and O–H groups in total. The van der Waals surface area contributed by atoms with Crippen molar-refractivity contribution in [2.75, 3.05) is 31.1 Å². The van der Waals surface area contributed by atoms with Gasteiger partial charge in [-0.25, -0.2) is 15.0 Å². The fourth-order valence-electron chi connectivity index (χ4n) is 3.39. The van der Waals surface area contributed by atoms with Crippen LogP contribution in [0.1, 0.15) is 30.6 Å². The van der Waals surface area contributed by atoms with Crippen molar-refractivity contribution in [1.82, 2.24) is 24.8 Å². The highest BCUT2D eigenvalue weighted by molar-refractivity contribution is 7.09. The molecule has 0 saturated carbocycles. The number of anilines is 1. The summed E-state index contributed by atoms with van der Waals surface area (Å²) >= 11 is 1.73. The molecule has 7 heteroatoms. The second kappa shape index (κ2) is 8.10. The van der Waals surface area contributed by atoms with Gasteiger partial charge < -0.3 is 4.90 Å². The van der Waals surface area contributed by atoms with Crippen molar-refractivity contribution in [3.8, 4) is 11.4 Å². The second-order valence-corrected chi connectivity index (χ2v) is 7.63. The van der Waals surface area contributed by atoms with E-state index in [0.717, 1.165) is 55.5 Å². The molecule has 27 heavy (non-hydrogen) atoms. The SMILES string of the molecule is CCc1cc(N2CCN(C(C)c3nccs3)CC2)nc(-c2ccncc2)n1. The maximum absolute atomic E-state index is 4.85. The summed E-state index contributed by atoms with van der Waals surface area (Å²) in [6.07, 6.45) is 6.36. The van der Waals surface area contributed by atoms with Crippen molar-refractivity contribution in [1.29, 1.82) is 0 Å². The van der Waals surface area contributed by atoms with Gasteiger partial charge in [-0.15, -0.1) is 11.3 Å². The van der Waals surface area contributed by atoms with E-state index in [2.05, 4.69) is 45.1 Å². The van der Waals surface area contributed by atoms with E-state index in [0.29, 0.717) is 6.04 Å². The number of aromatic nitrogens is 4. The summed E-state index contributed by atoms with van der Waals surface area (Å²) in [5.41, 5.74) is 2.09. The molecule has 0 aliphatic carbocycles. The average molecular weight is 381 g/mol. The fourth-order valence-corrected chi connectivity index (χ4v) is 4.12. The zero-order valence-electron chi connectivity index (χ0n) is 15.7. The maximum Gasteiger partial charge on any atom is 0.161 e. The van der Waals surface area contributed by atoms with E-state index in [1.807, 2.05) is 18.3 Å². The summed E-state index contributed by atoms with van der Waals surface area (Å²) in [6, 6.07) is 6.43. The van der Waals surface area contributed by atoms with Crippen LogP contribution in [0, 0.1) is 0 Å². The highest BCUT2D eigenvalue weighted by Crippen LogP contribution is 2.26. The van der Waals surface area contributed by atoms with Crippen LogP contribution in [-0.4, -0.2) is 51.0 Å². The maximum atomic E-state index is 4.85. The Morgan fingerprint density at radius 2 is 1.85 bits per heavy atom. The van der Waals surface area contributed by atoms with Crippen molar-refractivity contribution >= 4 is 17.2 Å². The van der Waals surface area contributed by atoms with Crippen molar-refractivity contribution in [3.63, 3.8) is 0 Å². The third-order valence-electron chi connectivity index (χ3n) is 5.06. The van der Waals surface area contributed by atoms with Gasteiger partial charge in [0.2, 0.25) is 0 Å². The minimum atomic E-state index is 0.371. The summed E-state index contributed by atoms with van der Waals surface area (Å²) in [6.45, 7) is 8.33. The number of hydrogen-bond acceptors (Lipinski definition) is 7. The zero-order valence-corrected chi connectivity index (χ0v) is 16.6. The van der Waals surface area contributed by atoms with Crippen LogP contribution >= 0.6 is 11.3 Å². The van der Waals surface area contributed by atoms with Crippen LogP contribution in [0.2, 0.25) is 0 Å². The predicted octanol–water partition coefficient (Wildman–Crippen LogP) is 3.44. The monoisotopic (exact) mass is 380 g/mol. The topological polar surface area (TPSA) is 58.0 Å². The smallest absolute Gasteiger partial charge is 0.161 e. The molecule has 3 aromatic rings. The summed E-state index contributed by atoms with van der Waals surface area (Å²) in [5, 5.41) is 3.24. The Bertz CT molecular complexity index is 859. The van der Waals surface area contributed by atoms with Gasteiger partial charge in [0.05, 0.1) is 6.04 Å². The van der Waals surface area contributed by atoms with Crippen LogP contribution in [0.4, 0.5) is 5.82 Å². The Kier molecular flexibility index (Phi) is 5.40. The van der Waals surface area contributed by atoms with Gasteiger partial charge in [-0.05, 0) is 25.5 Å². The third-order valence-corrected chi connectivity index (χ3v) is 6.01. The average Bonchev–Trinajstić information content (AvgIpc) is 3.28. The molecule has 1 saturated heterocycles. The molecule has 6 nitrogen and oxygen atoms in total. The van der Waals surface area contributed by atoms with Crippen molar-refractivity contribution in [3.05, 3.63) is 52.9 Å². The van der Waals surface area contributed by atoms with E-state index in [1.165, 1.54) is 5.01 Å². The number of aryl methyl sites for hydroxylation is 1. The lowest BCUT2D eigenvalue weighted by atomic mass is 10.2. The van der Waals surface area contributed by atoms with Crippen LogP contribution in [-0.2, 0) is 6.42 Å². The Morgan fingerprint density at radius 1 is 1.07 bits per heavy atom. The Balaban J connectivity index is 1.51. The summed E-state index contributed by atoms with van der Waals surface area (Å²) in [5.74, 6) is 1.81. The highest BCUT2D eigenvalue weighted by Gasteiger charge is 2.24. The normalized spacial score (nSPS) is 16.4. The molecule has 4 rings (SSSR count). The molecule has 4 heterocycles. The molecule has 1 atom stereocenters. The molecule has 0 bridgehead atoms. The van der Waals surface area contributed by atoms with E-state index in [-0.39, 0.29) is 0 Å². The molecule has 140 valence electrons. The van der Waals surface area contributed by atoms with Crippen LogP contribution in [0.15, 0.2) is 42.2 Å². The Hall–Kier alpha value is -2.38. The third kappa shape index (κ3) is 3.99. The lowest BCUT2D eigenvalue weighted by molar-refractivity contribution is 0.198. The molecule has 1 aliphatic rings. The van der Waals surface area contributed by atoms with Gasteiger partial charge in [-0.3, -0.25) is 9.88 Å². The summed E-state index contributed by atoms with van der Waals surface area (Å²) < 4.78 is 0. The Labute approximate surface area is 163 Å². The molecule has 3 aromatic heterocycles. The number of rotatable bonds is 5. The number of piperazine rings is 1. The van der Waals surface area contributed by atoms with Crippen LogP contribution in [0.5, 0.6) is 0 Å². The van der Waals surface area contributed by atoms with Gasteiger partial charge in [0.1, 0.15) is 10.8 Å². The van der Waals surface area contributed by atoms with Crippen LogP contribution in [0.25, 0.3) is 11.4 Å². The van der Waals surface area contributed by atoms with E-state index in [4.69, 9.17) is 9.97 Å².